The third-order valence-electron chi connectivity index (χ3n) is 5.76. The lowest BCUT2D eigenvalue weighted by Gasteiger charge is -2.29. The quantitative estimate of drug-likeness (QED) is 0.683. The van der Waals surface area contributed by atoms with Gasteiger partial charge >= 0.3 is 0 Å². The number of anilines is 1. The number of carbonyl (C=O) groups excluding carboxylic acids is 1. The van der Waals surface area contributed by atoms with Gasteiger partial charge in [0.25, 0.3) is 5.91 Å². The Balaban J connectivity index is 1.25. The largest absolute Gasteiger partial charge is 0.493 e. The van der Waals surface area contributed by atoms with Gasteiger partial charge < -0.3 is 19.9 Å². The number of rotatable bonds is 5. The normalized spacial score (nSPS) is 21.1. The Bertz CT molecular complexity index is 863. The number of fused-ring (bicyclic) bond motifs is 1. The first kappa shape index (κ1) is 19.2. The molecule has 148 valence electrons. The topological polar surface area (TPSA) is 47.2 Å². The van der Waals surface area contributed by atoms with Crippen LogP contribution in [0.15, 0.2) is 36.4 Å². The van der Waals surface area contributed by atoms with Gasteiger partial charge in [-0.05, 0) is 48.4 Å². The monoisotopic (exact) mass is 401 g/mol. The van der Waals surface area contributed by atoms with Crippen molar-refractivity contribution in [1.82, 2.24) is 0 Å². The number of amides is 1. The first-order chi connectivity index (χ1) is 13.6. The molecule has 0 atom stereocenters. The number of nitrogens with one attached hydrogen (secondary N) is 3. The molecule has 0 aliphatic carbocycles. The van der Waals surface area contributed by atoms with Crippen molar-refractivity contribution in [3.63, 3.8) is 0 Å². The summed E-state index contributed by atoms with van der Waals surface area (Å²) in [6.07, 6.45) is 1.03. The molecule has 2 aromatic rings. The van der Waals surface area contributed by atoms with Crippen molar-refractivity contribution < 1.29 is 19.3 Å². The molecule has 4 rings (SSSR count). The highest BCUT2D eigenvalue weighted by molar-refractivity contribution is 6.31. The third kappa shape index (κ3) is 4.66. The average molecular weight is 402 g/mol. The van der Waals surface area contributed by atoms with Crippen molar-refractivity contribution in [2.24, 2.45) is 0 Å². The van der Waals surface area contributed by atoms with E-state index in [0.29, 0.717) is 11.6 Å². The van der Waals surface area contributed by atoms with E-state index in [4.69, 9.17) is 16.3 Å². The van der Waals surface area contributed by atoms with E-state index in [1.807, 2.05) is 25.1 Å². The molecule has 0 bridgehead atoms. The van der Waals surface area contributed by atoms with Crippen LogP contribution in [0.4, 0.5) is 5.69 Å². The molecule has 0 spiro atoms. The molecule has 1 saturated heterocycles. The van der Waals surface area contributed by atoms with Crippen LogP contribution in [0.5, 0.6) is 5.75 Å². The maximum absolute atomic E-state index is 12.4. The third-order valence-corrected chi connectivity index (χ3v) is 5.99. The van der Waals surface area contributed by atoms with Crippen LogP contribution in [0, 0.1) is 6.92 Å². The summed E-state index contributed by atoms with van der Waals surface area (Å²) in [4.78, 5) is 15.4. The molecule has 2 aromatic carbocycles. The van der Waals surface area contributed by atoms with Crippen LogP contribution in [-0.2, 0) is 17.8 Å². The van der Waals surface area contributed by atoms with Crippen LogP contribution < -0.4 is 19.9 Å². The standard InChI is InChI=1S/C22H26ClN3O2/c1-16-2-4-19(23)13-20(16)24-22(27)15-26-9-7-25(8-10-26)14-17-3-5-21-18(12-17)6-11-28-21/h2-5,12-13H,6-11,14-15H2,1H3,(H,24,27)/p+2. The summed E-state index contributed by atoms with van der Waals surface area (Å²) in [6, 6.07) is 12.2. The minimum absolute atomic E-state index is 0.0578. The fourth-order valence-corrected chi connectivity index (χ4v) is 4.27. The first-order valence-corrected chi connectivity index (χ1v) is 10.4. The van der Waals surface area contributed by atoms with Gasteiger partial charge in [0.1, 0.15) is 38.5 Å². The fourth-order valence-electron chi connectivity index (χ4n) is 4.10. The van der Waals surface area contributed by atoms with E-state index in [1.54, 1.807) is 4.90 Å². The lowest BCUT2D eigenvalue weighted by atomic mass is 10.1. The Morgan fingerprint density at radius 2 is 1.89 bits per heavy atom. The van der Waals surface area contributed by atoms with Crippen molar-refractivity contribution >= 4 is 23.2 Å². The highest BCUT2D eigenvalue weighted by atomic mass is 35.5. The summed E-state index contributed by atoms with van der Waals surface area (Å²) in [7, 11) is 0. The zero-order chi connectivity index (χ0) is 19.5. The number of benzene rings is 2. The molecule has 2 aliphatic heterocycles. The van der Waals surface area contributed by atoms with Gasteiger partial charge in [0.15, 0.2) is 6.54 Å². The van der Waals surface area contributed by atoms with E-state index in [2.05, 4.69) is 23.5 Å². The molecule has 28 heavy (non-hydrogen) atoms. The predicted octanol–water partition coefficient (Wildman–Crippen LogP) is 0.505. The number of halogens is 1. The van der Waals surface area contributed by atoms with Crippen molar-refractivity contribution in [1.29, 1.82) is 0 Å². The highest BCUT2D eigenvalue weighted by Crippen LogP contribution is 2.25. The van der Waals surface area contributed by atoms with Crippen molar-refractivity contribution in [3.8, 4) is 5.75 Å². The number of piperazine rings is 1. The Morgan fingerprint density at radius 3 is 2.71 bits per heavy atom. The predicted molar refractivity (Wildman–Crippen MR) is 110 cm³/mol. The molecule has 0 aromatic heterocycles. The van der Waals surface area contributed by atoms with Crippen molar-refractivity contribution in [3.05, 3.63) is 58.1 Å². The second-order valence-electron chi connectivity index (χ2n) is 7.90. The molecule has 1 fully saturated rings. The molecule has 0 saturated carbocycles. The van der Waals surface area contributed by atoms with Gasteiger partial charge in [0, 0.05) is 22.7 Å². The lowest BCUT2D eigenvalue weighted by Crippen LogP contribution is -3.28. The van der Waals surface area contributed by atoms with Gasteiger partial charge in [-0.1, -0.05) is 17.7 Å². The minimum Gasteiger partial charge on any atom is -0.493 e. The molecule has 2 aliphatic rings. The summed E-state index contributed by atoms with van der Waals surface area (Å²) in [5.41, 5.74) is 4.56. The van der Waals surface area contributed by atoms with Gasteiger partial charge in [-0.3, -0.25) is 4.79 Å². The molecule has 0 radical (unpaired) electrons. The molecule has 1 amide bonds. The van der Waals surface area contributed by atoms with Crippen molar-refractivity contribution in [2.75, 3.05) is 44.6 Å². The van der Waals surface area contributed by atoms with E-state index < -0.39 is 0 Å². The number of aryl methyl sites for hydroxylation is 1. The molecular formula is C22H28ClN3O2+2. The van der Waals surface area contributed by atoms with Crippen LogP contribution in [0.3, 0.4) is 0 Å². The van der Waals surface area contributed by atoms with Crippen LogP contribution in [0.2, 0.25) is 5.02 Å². The summed E-state index contributed by atoms with van der Waals surface area (Å²) in [5, 5.41) is 3.65. The maximum Gasteiger partial charge on any atom is 0.279 e. The Kier molecular flexibility index (Phi) is 5.85. The fraction of sp³-hybridized carbons (Fsp3) is 0.409. The number of hydrogen-bond donors (Lipinski definition) is 3. The number of quaternary nitrogens is 2. The molecule has 5 nitrogen and oxygen atoms in total. The van der Waals surface area contributed by atoms with Crippen molar-refractivity contribution in [2.45, 2.75) is 19.9 Å². The summed E-state index contributed by atoms with van der Waals surface area (Å²) in [6.45, 7) is 8.57. The highest BCUT2D eigenvalue weighted by Gasteiger charge is 2.25. The Morgan fingerprint density at radius 1 is 1.11 bits per heavy atom. The van der Waals surface area contributed by atoms with Gasteiger partial charge in [0.05, 0.1) is 6.61 Å². The number of carbonyl (C=O) groups is 1. The van der Waals surface area contributed by atoms with Crippen LogP contribution in [0.25, 0.3) is 0 Å². The molecule has 2 heterocycles. The molecular weight excluding hydrogens is 374 g/mol. The average Bonchev–Trinajstić information content (AvgIpc) is 3.14. The smallest absolute Gasteiger partial charge is 0.279 e. The van der Waals surface area contributed by atoms with Crippen LogP contribution in [0.1, 0.15) is 16.7 Å². The summed E-state index contributed by atoms with van der Waals surface area (Å²) < 4.78 is 5.60. The van der Waals surface area contributed by atoms with Crippen LogP contribution in [-0.4, -0.2) is 45.2 Å². The lowest BCUT2D eigenvalue weighted by molar-refractivity contribution is -1.02. The number of ether oxygens (including phenoxy) is 1. The first-order valence-electron chi connectivity index (χ1n) is 10.0. The van der Waals surface area contributed by atoms with Crippen LogP contribution >= 0.6 is 11.6 Å². The zero-order valence-corrected chi connectivity index (χ0v) is 17.1. The van der Waals surface area contributed by atoms with Gasteiger partial charge in [-0.2, -0.15) is 0 Å². The SMILES string of the molecule is Cc1ccc(Cl)cc1NC(=O)C[NH+]1CC[NH+](Cc2ccc3c(c2)CCO3)CC1. The second-order valence-corrected chi connectivity index (χ2v) is 8.34. The molecule has 0 unspecified atom stereocenters. The van der Waals surface area contributed by atoms with Gasteiger partial charge in [-0.25, -0.2) is 0 Å². The minimum atomic E-state index is 0.0578. The molecule has 3 N–H and O–H groups in total. The van der Waals surface area contributed by atoms with Gasteiger partial charge in [0.2, 0.25) is 0 Å². The summed E-state index contributed by atoms with van der Waals surface area (Å²) in [5.74, 6) is 1.11. The van der Waals surface area contributed by atoms with E-state index in [0.717, 1.165) is 62.8 Å². The maximum atomic E-state index is 12.4. The number of hydrogen-bond acceptors (Lipinski definition) is 2. The van der Waals surface area contributed by atoms with E-state index in [9.17, 15) is 4.79 Å². The van der Waals surface area contributed by atoms with E-state index >= 15 is 0 Å². The molecule has 6 heteroatoms. The second kappa shape index (κ2) is 8.52. The zero-order valence-electron chi connectivity index (χ0n) is 16.3. The Hall–Kier alpha value is -2.08. The van der Waals surface area contributed by atoms with E-state index in [1.165, 1.54) is 16.0 Å². The summed E-state index contributed by atoms with van der Waals surface area (Å²) >= 11 is 6.04. The van der Waals surface area contributed by atoms with E-state index in [-0.39, 0.29) is 5.91 Å². The Labute approximate surface area is 171 Å². The van der Waals surface area contributed by atoms with Gasteiger partial charge in [-0.15, -0.1) is 0 Å².